The predicted octanol–water partition coefficient (Wildman–Crippen LogP) is 4.03. The molecule has 3 rings (SSSR count). The number of Topliss-reactive ketones (excluding diaryl/α,β-unsaturated/α-hetero) is 1. The van der Waals surface area contributed by atoms with Crippen molar-refractivity contribution < 1.29 is 18.7 Å². The molecule has 0 fully saturated rings. The van der Waals surface area contributed by atoms with Gasteiger partial charge in [-0.1, -0.05) is 43.0 Å². The summed E-state index contributed by atoms with van der Waals surface area (Å²) in [5.41, 5.74) is 1.68. The van der Waals surface area contributed by atoms with Crippen molar-refractivity contribution in [2.75, 3.05) is 5.75 Å². The number of esters is 1. The number of furan rings is 1. The van der Waals surface area contributed by atoms with Crippen LogP contribution in [0.4, 0.5) is 0 Å². The van der Waals surface area contributed by atoms with Gasteiger partial charge in [0, 0.05) is 12.1 Å². The van der Waals surface area contributed by atoms with E-state index in [0.29, 0.717) is 28.8 Å². The fourth-order valence-corrected chi connectivity index (χ4v) is 3.60. The van der Waals surface area contributed by atoms with Crippen molar-refractivity contribution in [1.29, 1.82) is 0 Å². The molecular formula is C21H23N3O4S. The molecule has 0 N–H and O–H groups in total. The molecule has 0 saturated carbocycles. The summed E-state index contributed by atoms with van der Waals surface area (Å²) in [6, 6.07) is 10.9. The Morgan fingerprint density at radius 3 is 2.55 bits per heavy atom. The third kappa shape index (κ3) is 4.95. The number of ether oxygens (including phenoxy) is 1. The van der Waals surface area contributed by atoms with Crippen molar-refractivity contribution in [3.63, 3.8) is 0 Å². The number of ketones is 1. The Balaban J connectivity index is 1.57. The van der Waals surface area contributed by atoms with Gasteiger partial charge < -0.3 is 9.15 Å². The standard InChI is InChI=1S/C21H23N3O4S/c1-4-15-8-10-16(11-9-15)19(26)14(3)28-18(25)13-29-21-23-22-20(24(21)5-2)17-7-6-12-27-17/h6-12,14H,4-5,13H2,1-3H3/t14-/m1/s1. The highest BCUT2D eigenvalue weighted by atomic mass is 32.2. The van der Waals surface area contributed by atoms with Crippen LogP contribution in [0.5, 0.6) is 0 Å². The van der Waals surface area contributed by atoms with Crippen LogP contribution in [0.25, 0.3) is 11.6 Å². The predicted molar refractivity (Wildman–Crippen MR) is 110 cm³/mol. The molecule has 2 aromatic heterocycles. The summed E-state index contributed by atoms with van der Waals surface area (Å²) in [4.78, 5) is 24.7. The zero-order valence-corrected chi connectivity index (χ0v) is 17.4. The quantitative estimate of drug-likeness (QED) is 0.297. The summed E-state index contributed by atoms with van der Waals surface area (Å²) >= 11 is 1.21. The second-order valence-electron chi connectivity index (χ2n) is 6.36. The van der Waals surface area contributed by atoms with Gasteiger partial charge in [0.05, 0.1) is 12.0 Å². The van der Waals surface area contributed by atoms with Crippen LogP contribution < -0.4 is 0 Å². The molecule has 0 spiro atoms. The van der Waals surface area contributed by atoms with Crippen molar-refractivity contribution in [1.82, 2.24) is 14.8 Å². The Bertz CT molecular complexity index is 964. The van der Waals surface area contributed by atoms with Gasteiger partial charge in [-0.05, 0) is 38.0 Å². The molecule has 0 radical (unpaired) electrons. The molecular weight excluding hydrogens is 390 g/mol. The molecule has 8 heteroatoms. The van der Waals surface area contributed by atoms with Gasteiger partial charge in [0.2, 0.25) is 5.78 Å². The topological polar surface area (TPSA) is 87.2 Å². The van der Waals surface area contributed by atoms with Gasteiger partial charge in [-0.25, -0.2) is 0 Å². The highest BCUT2D eigenvalue weighted by Gasteiger charge is 2.21. The number of aryl methyl sites for hydroxylation is 1. The smallest absolute Gasteiger partial charge is 0.317 e. The lowest BCUT2D eigenvalue weighted by Gasteiger charge is -2.12. The molecule has 2 heterocycles. The van der Waals surface area contributed by atoms with Gasteiger partial charge in [0.15, 0.2) is 22.8 Å². The molecule has 3 aromatic rings. The number of hydrogen-bond donors (Lipinski definition) is 0. The molecule has 0 aliphatic heterocycles. The molecule has 1 atom stereocenters. The minimum atomic E-state index is -0.849. The lowest BCUT2D eigenvalue weighted by molar-refractivity contribution is -0.143. The first kappa shape index (κ1) is 20.9. The van der Waals surface area contributed by atoms with E-state index in [4.69, 9.17) is 9.15 Å². The molecule has 1 aromatic carbocycles. The van der Waals surface area contributed by atoms with E-state index in [0.717, 1.165) is 12.0 Å². The first-order valence-electron chi connectivity index (χ1n) is 9.46. The van der Waals surface area contributed by atoms with Crippen LogP contribution in [0, 0.1) is 0 Å². The Labute approximate surface area is 173 Å². The van der Waals surface area contributed by atoms with Gasteiger partial charge in [0.25, 0.3) is 0 Å². The van der Waals surface area contributed by atoms with Gasteiger partial charge >= 0.3 is 5.97 Å². The minimum absolute atomic E-state index is 0.0304. The zero-order chi connectivity index (χ0) is 20.8. The molecule has 0 amide bonds. The van der Waals surface area contributed by atoms with Gasteiger partial charge in [-0.15, -0.1) is 10.2 Å². The maximum Gasteiger partial charge on any atom is 0.317 e. The van der Waals surface area contributed by atoms with Crippen LogP contribution in [0.15, 0.2) is 52.2 Å². The lowest BCUT2D eigenvalue weighted by atomic mass is 10.0. The fourth-order valence-electron chi connectivity index (χ4n) is 2.82. The molecule has 29 heavy (non-hydrogen) atoms. The minimum Gasteiger partial charge on any atom is -0.461 e. The number of carbonyl (C=O) groups excluding carboxylic acids is 2. The van der Waals surface area contributed by atoms with Crippen LogP contribution in [0.2, 0.25) is 0 Å². The third-order valence-corrected chi connectivity index (χ3v) is 5.36. The third-order valence-electron chi connectivity index (χ3n) is 4.42. The molecule has 152 valence electrons. The van der Waals surface area contributed by atoms with E-state index >= 15 is 0 Å². The summed E-state index contributed by atoms with van der Waals surface area (Å²) in [7, 11) is 0. The number of hydrogen-bond acceptors (Lipinski definition) is 7. The van der Waals surface area contributed by atoms with Crippen LogP contribution in [-0.2, 0) is 22.5 Å². The highest BCUT2D eigenvalue weighted by molar-refractivity contribution is 7.99. The lowest BCUT2D eigenvalue weighted by Crippen LogP contribution is -2.25. The first-order valence-corrected chi connectivity index (χ1v) is 10.4. The van der Waals surface area contributed by atoms with Crippen molar-refractivity contribution in [2.24, 2.45) is 0 Å². The van der Waals surface area contributed by atoms with Gasteiger partial charge in [-0.2, -0.15) is 0 Å². The SMILES string of the molecule is CCc1ccc(C(=O)[C@@H](C)OC(=O)CSc2nnc(-c3ccco3)n2CC)cc1. The summed E-state index contributed by atoms with van der Waals surface area (Å²) in [5.74, 6) is 0.548. The number of rotatable bonds is 9. The second-order valence-corrected chi connectivity index (χ2v) is 7.31. The average molecular weight is 413 g/mol. The van der Waals surface area contributed by atoms with Crippen LogP contribution in [0.3, 0.4) is 0 Å². The Hall–Kier alpha value is -2.87. The van der Waals surface area contributed by atoms with Crippen molar-refractivity contribution in [3.05, 3.63) is 53.8 Å². The van der Waals surface area contributed by atoms with Crippen molar-refractivity contribution in [2.45, 2.75) is 45.0 Å². The van der Waals surface area contributed by atoms with Crippen LogP contribution in [-0.4, -0.2) is 38.4 Å². The normalized spacial score (nSPS) is 12.0. The average Bonchev–Trinajstić information content (AvgIpc) is 3.40. The highest BCUT2D eigenvalue weighted by Crippen LogP contribution is 2.24. The number of nitrogens with zero attached hydrogens (tertiary/aromatic N) is 3. The van der Waals surface area contributed by atoms with Crippen molar-refractivity contribution in [3.8, 4) is 11.6 Å². The van der Waals surface area contributed by atoms with E-state index in [1.807, 2.05) is 23.6 Å². The van der Waals surface area contributed by atoms with Gasteiger partial charge in [0.1, 0.15) is 0 Å². The Morgan fingerprint density at radius 1 is 1.17 bits per heavy atom. The van der Waals surface area contributed by atoms with E-state index < -0.39 is 12.1 Å². The zero-order valence-electron chi connectivity index (χ0n) is 16.6. The monoisotopic (exact) mass is 413 g/mol. The Kier molecular flexibility index (Phi) is 6.87. The molecule has 0 saturated heterocycles. The number of aromatic nitrogens is 3. The fraction of sp³-hybridized carbons (Fsp3) is 0.333. The van der Waals surface area contributed by atoms with E-state index in [9.17, 15) is 9.59 Å². The number of benzene rings is 1. The van der Waals surface area contributed by atoms with E-state index in [-0.39, 0.29) is 11.5 Å². The summed E-state index contributed by atoms with van der Waals surface area (Å²) in [6.07, 6.45) is 1.63. The van der Waals surface area contributed by atoms with Crippen LogP contribution >= 0.6 is 11.8 Å². The maximum absolute atomic E-state index is 12.5. The summed E-state index contributed by atoms with van der Waals surface area (Å²) < 4.78 is 12.5. The molecule has 0 unspecified atom stereocenters. The Morgan fingerprint density at radius 2 is 1.93 bits per heavy atom. The summed E-state index contributed by atoms with van der Waals surface area (Å²) in [6.45, 7) is 6.23. The van der Waals surface area contributed by atoms with Gasteiger partial charge in [-0.3, -0.25) is 14.2 Å². The van der Waals surface area contributed by atoms with E-state index in [1.165, 1.54) is 11.8 Å². The molecule has 0 aliphatic rings. The first-order chi connectivity index (χ1) is 14.0. The number of thioether (sulfide) groups is 1. The van der Waals surface area contributed by atoms with E-state index in [2.05, 4.69) is 17.1 Å². The largest absolute Gasteiger partial charge is 0.461 e. The summed E-state index contributed by atoms with van der Waals surface area (Å²) in [5, 5.41) is 8.86. The molecule has 0 bridgehead atoms. The molecule has 0 aliphatic carbocycles. The number of carbonyl (C=O) groups is 2. The van der Waals surface area contributed by atoms with E-state index in [1.54, 1.807) is 37.5 Å². The molecule has 7 nitrogen and oxygen atoms in total. The second kappa shape index (κ2) is 9.56. The maximum atomic E-state index is 12.5. The van der Waals surface area contributed by atoms with Crippen molar-refractivity contribution >= 4 is 23.5 Å². The van der Waals surface area contributed by atoms with Crippen LogP contribution in [0.1, 0.15) is 36.7 Å².